The highest BCUT2D eigenvalue weighted by molar-refractivity contribution is 7.10. The van der Waals surface area contributed by atoms with Gasteiger partial charge in [-0.15, -0.1) is 11.3 Å². The van der Waals surface area contributed by atoms with E-state index in [0.717, 1.165) is 32.4 Å². The Hall–Kier alpha value is -1.70. The van der Waals surface area contributed by atoms with Gasteiger partial charge in [-0.3, -0.25) is 14.5 Å². The van der Waals surface area contributed by atoms with E-state index >= 15 is 0 Å². The highest BCUT2D eigenvalue weighted by Crippen LogP contribution is 2.25. The summed E-state index contributed by atoms with van der Waals surface area (Å²) in [5, 5.41) is 7.60. The fourth-order valence-electron chi connectivity index (χ4n) is 3.60. The van der Waals surface area contributed by atoms with Gasteiger partial charge in [0.25, 0.3) is 0 Å². The van der Waals surface area contributed by atoms with Crippen LogP contribution in [0.2, 0.25) is 0 Å². The Kier molecular flexibility index (Phi) is 7.86. The predicted octanol–water partition coefficient (Wildman–Crippen LogP) is 2.24. The van der Waals surface area contributed by atoms with Gasteiger partial charge in [0.1, 0.15) is 0 Å². The quantitative estimate of drug-likeness (QED) is 0.552. The lowest BCUT2D eigenvalue weighted by Gasteiger charge is -2.34. The van der Waals surface area contributed by atoms with Crippen molar-refractivity contribution in [1.82, 2.24) is 15.5 Å². The molecule has 6 nitrogen and oxygen atoms in total. The highest BCUT2D eigenvalue weighted by atomic mass is 32.1. The van der Waals surface area contributed by atoms with Crippen molar-refractivity contribution in [3.8, 4) is 0 Å². The van der Waals surface area contributed by atoms with Gasteiger partial charge in [0.15, 0.2) is 0 Å². The molecule has 1 saturated heterocycles. The van der Waals surface area contributed by atoms with E-state index in [1.807, 2.05) is 11.4 Å². The number of nitrogens with zero attached hydrogens (tertiary/aromatic N) is 1. The van der Waals surface area contributed by atoms with Gasteiger partial charge in [-0.2, -0.15) is 0 Å². The van der Waals surface area contributed by atoms with Crippen LogP contribution in [0.25, 0.3) is 0 Å². The average Bonchev–Trinajstić information content (AvgIpc) is 3.24. The topological polar surface area (TPSA) is 70.7 Å². The smallest absolute Gasteiger partial charge is 0.309 e. The van der Waals surface area contributed by atoms with E-state index in [-0.39, 0.29) is 6.04 Å². The second-order valence-corrected chi connectivity index (χ2v) is 7.98. The largest absolute Gasteiger partial charge is 0.379 e. The molecule has 2 amide bonds. The third kappa shape index (κ3) is 6.16. The molecule has 2 aliphatic rings. The molecule has 1 aliphatic carbocycles. The molecule has 1 aliphatic heterocycles. The van der Waals surface area contributed by atoms with Gasteiger partial charge in [-0.25, -0.2) is 0 Å². The summed E-state index contributed by atoms with van der Waals surface area (Å²) in [6.45, 7) is 4.02. The molecule has 0 saturated carbocycles. The molecule has 1 atom stereocenters. The maximum atomic E-state index is 12.2. The Morgan fingerprint density at radius 2 is 2.00 bits per heavy atom. The summed E-state index contributed by atoms with van der Waals surface area (Å²) >= 11 is 1.67. The van der Waals surface area contributed by atoms with Gasteiger partial charge in [0, 0.05) is 31.1 Å². The normalized spacial score (nSPS) is 19.2. The second-order valence-electron chi connectivity index (χ2n) is 7.00. The molecule has 7 heteroatoms. The molecule has 1 aromatic rings. The van der Waals surface area contributed by atoms with Crippen LogP contribution in [0, 0.1) is 0 Å². The van der Waals surface area contributed by atoms with Crippen molar-refractivity contribution in [1.29, 1.82) is 0 Å². The summed E-state index contributed by atoms with van der Waals surface area (Å²) in [4.78, 5) is 27.8. The van der Waals surface area contributed by atoms with Gasteiger partial charge >= 0.3 is 11.8 Å². The number of thiophene rings is 1. The van der Waals surface area contributed by atoms with Crippen LogP contribution in [0.15, 0.2) is 29.2 Å². The van der Waals surface area contributed by atoms with Crippen LogP contribution < -0.4 is 10.6 Å². The Balaban J connectivity index is 1.45. The summed E-state index contributed by atoms with van der Waals surface area (Å²) in [6, 6.07) is 4.18. The SMILES string of the molecule is O=C(NCCC1=CCCCC1)C(=O)NCC(c1cccs1)N1CCOCC1. The molecular formula is C20H29N3O3S. The number of hydrogen-bond donors (Lipinski definition) is 2. The van der Waals surface area contributed by atoms with Gasteiger partial charge in [0.05, 0.1) is 19.3 Å². The number of ether oxygens (including phenoxy) is 1. The molecule has 2 N–H and O–H groups in total. The molecule has 0 radical (unpaired) electrons. The Labute approximate surface area is 165 Å². The summed E-state index contributed by atoms with van der Waals surface area (Å²) in [7, 11) is 0. The Morgan fingerprint density at radius 3 is 2.70 bits per heavy atom. The fourth-order valence-corrected chi connectivity index (χ4v) is 4.46. The first-order valence-corrected chi connectivity index (χ1v) is 10.7. The lowest BCUT2D eigenvalue weighted by molar-refractivity contribution is -0.139. The van der Waals surface area contributed by atoms with Gasteiger partial charge in [-0.1, -0.05) is 17.7 Å². The van der Waals surface area contributed by atoms with Crippen molar-refractivity contribution in [2.45, 2.75) is 38.1 Å². The van der Waals surface area contributed by atoms with E-state index in [2.05, 4.69) is 27.7 Å². The first kappa shape index (κ1) is 20.0. The van der Waals surface area contributed by atoms with Crippen LogP contribution in [-0.2, 0) is 14.3 Å². The number of carbonyl (C=O) groups excluding carboxylic acids is 2. The van der Waals surface area contributed by atoms with Crippen LogP contribution in [-0.4, -0.2) is 56.1 Å². The minimum Gasteiger partial charge on any atom is -0.379 e. The number of morpholine rings is 1. The van der Waals surface area contributed by atoms with Crippen LogP contribution >= 0.6 is 11.3 Å². The standard InChI is InChI=1S/C20H29N3O3S/c24-19(21-9-8-16-5-2-1-3-6-16)20(25)22-15-17(18-7-4-14-27-18)23-10-12-26-13-11-23/h4-5,7,14,17H,1-3,6,8-13,15H2,(H,21,24)(H,22,25). The molecule has 0 bridgehead atoms. The van der Waals surface area contributed by atoms with Gasteiger partial charge < -0.3 is 15.4 Å². The van der Waals surface area contributed by atoms with Crippen molar-refractivity contribution in [3.63, 3.8) is 0 Å². The van der Waals surface area contributed by atoms with Crippen molar-refractivity contribution in [2.75, 3.05) is 39.4 Å². The van der Waals surface area contributed by atoms with Gasteiger partial charge in [0.2, 0.25) is 0 Å². The number of amides is 2. The van der Waals surface area contributed by atoms with Crippen LogP contribution in [0.4, 0.5) is 0 Å². The first-order valence-electron chi connectivity index (χ1n) is 9.83. The summed E-state index contributed by atoms with van der Waals surface area (Å²) in [6.07, 6.45) is 7.84. The zero-order valence-electron chi connectivity index (χ0n) is 15.7. The minimum absolute atomic E-state index is 0.0815. The molecule has 1 unspecified atom stereocenters. The molecular weight excluding hydrogens is 362 g/mol. The lowest BCUT2D eigenvalue weighted by atomic mass is 9.97. The number of hydrogen-bond acceptors (Lipinski definition) is 5. The number of carbonyl (C=O) groups is 2. The second kappa shape index (κ2) is 10.6. The van der Waals surface area contributed by atoms with Crippen LogP contribution in [0.3, 0.4) is 0 Å². The van der Waals surface area contributed by atoms with E-state index < -0.39 is 11.8 Å². The molecule has 2 heterocycles. The summed E-state index contributed by atoms with van der Waals surface area (Å²) in [5.41, 5.74) is 1.40. The van der Waals surface area contributed by atoms with Crippen molar-refractivity contribution in [2.24, 2.45) is 0 Å². The number of allylic oxidation sites excluding steroid dienone is 1. The minimum atomic E-state index is -0.553. The Bertz CT molecular complexity index is 639. The average molecular weight is 392 g/mol. The van der Waals surface area contributed by atoms with E-state index in [1.165, 1.54) is 23.3 Å². The molecule has 3 rings (SSSR count). The third-order valence-electron chi connectivity index (χ3n) is 5.14. The fraction of sp³-hybridized carbons (Fsp3) is 0.600. The predicted molar refractivity (Wildman–Crippen MR) is 107 cm³/mol. The monoisotopic (exact) mass is 391 g/mol. The van der Waals surface area contributed by atoms with Crippen molar-refractivity contribution < 1.29 is 14.3 Å². The lowest BCUT2D eigenvalue weighted by Crippen LogP contribution is -2.46. The van der Waals surface area contributed by atoms with E-state index in [1.54, 1.807) is 11.3 Å². The molecule has 1 fully saturated rings. The maximum Gasteiger partial charge on any atom is 0.309 e. The van der Waals surface area contributed by atoms with Gasteiger partial charge in [-0.05, 0) is 43.6 Å². The summed E-state index contributed by atoms with van der Waals surface area (Å²) in [5.74, 6) is -1.10. The van der Waals surface area contributed by atoms with E-state index in [0.29, 0.717) is 26.3 Å². The first-order chi connectivity index (χ1) is 13.2. The van der Waals surface area contributed by atoms with Crippen LogP contribution in [0.1, 0.15) is 43.0 Å². The maximum absolute atomic E-state index is 12.2. The van der Waals surface area contributed by atoms with E-state index in [9.17, 15) is 9.59 Å². The zero-order valence-corrected chi connectivity index (χ0v) is 16.6. The third-order valence-corrected chi connectivity index (χ3v) is 6.11. The van der Waals surface area contributed by atoms with Crippen LogP contribution in [0.5, 0.6) is 0 Å². The van der Waals surface area contributed by atoms with Crippen molar-refractivity contribution in [3.05, 3.63) is 34.0 Å². The number of rotatable bonds is 7. The van der Waals surface area contributed by atoms with Crippen molar-refractivity contribution >= 4 is 23.2 Å². The molecule has 0 aromatic carbocycles. The molecule has 27 heavy (non-hydrogen) atoms. The Morgan fingerprint density at radius 1 is 1.19 bits per heavy atom. The zero-order chi connectivity index (χ0) is 18.9. The molecule has 1 aromatic heterocycles. The van der Waals surface area contributed by atoms with E-state index in [4.69, 9.17) is 4.74 Å². The highest BCUT2D eigenvalue weighted by Gasteiger charge is 2.25. The number of nitrogens with one attached hydrogen (secondary N) is 2. The molecule has 148 valence electrons. The molecule has 0 spiro atoms. The summed E-state index contributed by atoms with van der Waals surface area (Å²) < 4.78 is 5.43.